The Morgan fingerprint density at radius 1 is 0.875 bits per heavy atom. The summed E-state index contributed by atoms with van der Waals surface area (Å²) in [6.45, 7) is 5.60. The van der Waals surface area contributed by atoms with Gasteiger partial charge in [0.1, 0.15) is 11.6 Å². The zero-order chi connectivity index (χ0) is 16.8. The van der Waals surface area contributed by atoms with Crippen LogP contribution in [-0.2, 0) is 0 Å². The number of hydrogen-bond acceptors (Lipinski definition) is 3. The van der Waals surface area contributed by atoms with Crippen LogP contribution in [-0.4, -0.2) is 49.9 Å². The van der Waals surface area contributed by atoms with Gasteiger partial charge in [-0.05, 0) is 48.5 Å². The number of nitrogens with one attached hydrogen (secondary N) is 1. The highest BCUT2D eigenvalue weighted by molar-refractivity contribution is 6.12. The Kier molecular flexibility index (Phi) is 5.67. The summed E-state index contributed by atoms with van der Waals surface area (Å²) in [6.07, 6.45) is 0. The van der Waals surface area contributed by atoms with Crippen LogP contribution in [0.3, 0.4) is 0 Å². The second-order valence-corrected chi connectivity index (χ2v) is 5.84. The van der Waals surface area contributed by atoms with Crippen molar-refractivity contribution < 1.29 is 8.78 Å². The monoisotopic (exact) mass is 329 g/mol. The lowest BCUT2D eigenvalue weighted by molar-refractivity contribution is 0.247. The molecule has 1 fully saturated rings. The Morgan fingerprint density at radius 3 is 1.88 bits per heavy atom. The lowest BCUT2D eigenvalue weighted by Crippen LogP contribution is -2.44. The zero-order valence-corrected chi connectivity index (χ0v) is 13.5. The first-order valence-electron chi connectivity index (χ1n) is 8.22. The van der Waals surface area contributed by atoms with E-state index in [4.69, 9.17) is 4.99 Å². The minimum atomic E-state index is -0.280. The average molecular weight is 329 g/mol. The molecule has 0 saturated carbocycles. The summed E-state index contributed by atoms with van der Waals surface area (Å²) in [7, 11) is 0. The molecule has 1 aliphatic rings. The molecule has 1 saturated heterocycles. The van der Waals surface area contributed by atoms with Crippen molar-refractivity contribution in [2.45, 2.75) is 0 Å². The van der Waals surface area contributed by atoms with Crippen LogP contribution in [0, 0.1) is 11.6 Å². The second-order valence-electron chi connectivity index (χ2n) is 5.84. The van der Waals surface area contributed by atoms with Gasteiger partial charge in [-0.15, -0.1) is 0 Å². The van der Waals surface area contributed by atoms with Crippen molar-refractivity contribution in [1.29, 1.82) is 0 Å². The number of piperazine rings is 1. The van der Waals surface area contributed by atoms with Crippen molar-refractivity contribution >= 4 is 5.71 Å². The molecule has 0 radical (unpaired) electrons. The fraction of sp³-hybridized carbons (Fsp3) is 0.316. The van der Waals surface area contributed by atoms with Crippen molar-refractivity contribution in [3.05, 3.63) is 71.3 Å². The molecular formula is C19H21F2N3. The van der Waals surface area contributed by atoms with Gasteiger partial charge in [0.15, 0.2) is 0 Å². The largest absolute Gasteiger partial charge is 0.314 e. The molecule has 5 heteroatoms. The molecule has 0 amide bonds. The Hall–Kier alpha value is -2.11. The van der Waals surface area contributed by atoms with E-state index in [9.17, 15) is 8.78 Å². The van der Waals surface area contributed by atoms with Crippen molar-refractivity contribution in [3.63, 3.8) is 0 Å². The molecule has 3 rings (SSSR count). The van der Waals surface area contributed by atoms with Crippen LogP contribution in [0.4, 0.5) is 8.78 Å². The van der Waals surface area contributed by atoms with Gasteiger partial charge in [-0.3, -0.25) is 9.89 Å². The van der Waals surface area contributed by atoms with Crippen LogP contribution in [0.25, 0.3) is 0 Å². The molecule has 24 heavy (non-hydrogen) atoms. The zero-order valence-electron chi connectivity index (χ0n) is 13.5. The van der Waals surface area contributed by atoms with E-state index in [0.717, 1.165) is 49.6 Å². The summed E-state index contributed by atoms with van der Waals surface area (Å²) in [5.41, 5.74) is 2.44. The van der Waals surface area contributed by atoms with E-state index < -0.39 is 0 Å². The predicted molar refractivity (Wildman–Crippen MR) is 92.6 cm³/mol. The van der Waals surface area contributed by atoms with Crippen LogP contribution >= 0.6 is 0 Å². The topological polar surface area (TPSA) is 27.6 Å². The van der Waals surface area contributed by atoms with E-state index in [-0.39, 0.29) is 11.6 Å². The maximum atomic E-state index is 13.2. The SMILES string of the molecule is Fc1ccc(C(=NCCN2CCNCC2)c2ccc(F)cc2)cc1. The molecule has 0 aromatic heterocycles. The first-order chi connectivity index (χ1) is 11.7. The summed E-state index contributed by atoms with van der Waals surface area (Å²) >= 11 is 0. The predicted octanol–water partition coefficient (Wildman–Crippen LogP) is 2.71. The molecular weight excluding hydrogens is 308 g/mol. The maximum Gasteiger partial charge on any atom is 0.123 e. The normalized spacial score (nSPS) is 15.2. The van der Waals surface area contributed by atoms with Gasteiger partial charge in [-0.1, -0.05) is 0 Å². The van der Waals surface area contributed by atoms with E-state index in [1.54, 1.807) is 24.3 Å². The van der Waals surface area contributed by atoms with E-state index >= 15 is 0 Å². The molecule has 0 spiro atoms. The number of benzene rings is 2. The molecule has 0 atom stereocenters. The smallest absolute Gasteiger partial charge is 0.123 e. The molecule has 2 aromatic carbocycles. The maximum absolute atomic E-state index is 13.2. The van der Waals surface area contributed by atoms with Crippen LogP contribution in [0.5, 0.6) is 0 Å². The second kappa shape index (κ2) is 8.13. The van der Waals surface area contributed by atoms with Gasteiger partial charge in [-0.2, -0.15) is 0 Å². The van der Waals surface area contributed by atoms with Gasteiger partial charge in [0.2, 0.25) is 0 Å². The summed E-state index contributed by atoms with van der Waals surface area (Å²) < 4.78 is 26.4. The third-order valence-corrected chi connectivity index (χ3v) is 4.13. The van der Waals surface area contributed by atoms with Crippen molar-refractivity contribution in [1.82, 2.24) is 10.2 Å². The Morgan fingerprint density at radius 2 is 1.38 bits per heavy atom. The lowest BCUT2D eigenvalue weighted by atomic mass is 10.0. The minimum Gasteiger partial charge on any atom is -0.314 e. The first-order valence-corrected chi connectivity index (χ1v) is 8.22. The van der Waals surface area contributed by atoms with Gasteiger partial charge in [0.25, 0.3) is 0 Å². The molecule has 0 unspecified atom stereocenters. The highest BCUT2D eigenvalue weighted by Crippen LogP contribution is 2.13. The first kappa shape index (κ1) is 16.7. The fourth-order valence-corrected chi connectivity index (χ4v) is 2.80. The number of aliphatic imine (C=N–C) groups is 1. The molecule has 126 valence electrons. The summed E-state index contributed by atoms with van der Waals surface area (Å²) in [5.74, 6) is -0.559. The molecule has 1 aliphatic heterocycles. The standard InChI is InChI=1S/C19H21F2N3/c20-17-5-1-15(2-6-17)19(16-3-7-18(21)8-4-16)23-11-14-24-12-9-22-10-13-24/h1-8,22H,9-14H2. The van der Waals surface area contributed by atoms with Crippen molar-refractivity contribution in [3.8, 4) is 0 Å². The van der Waals surface area contributed by atoms with Crippen LogP contribution in [0.1, 0.15) is 11.1 Å². The highest BCUT2D eigenvalue weighted by Gasteiger charge is 2.10. The van der Waals surface area contributed by atoms with Crippen molar-refractivity contribution in [2.75, 3.05) is 39.3 Å². The Bertz CT molecular complexity index is 627. The van der Waals surface area contributed by atoms with Crippen LogP contribution < -0.4 is 5.32 Å². The number of halogens is 2. The van der Waals surface area contributed by atoms with E-state index in [2.05, 4.69) is 10.2 Å². The number of hydrogen-bond donors (Lipinski definition) is 1. The van der Waals surface area contributed by atoms with Crippen molar-refractivity contribution in [2.24, 2.45) is 4.99 Å². The molecule has 1 heterocycles. The minimum absolute atomic E-state index is 0.280. The molecule has 2 aromatic rings. The van der Waals surface area contributed by atoms with E-state index in [1.807, 2.05) is 0 Å². The Balaban J connectivity index is 1.79. The van der Waals surface area contributed by atoms with Gasteiger partial charge >= 0.3 is 0 Å². The third-order valence-electron chi connectivity index (χ3n) is 4.13. The molecule has 0 bridgehead atoms. The number of nitrogens with zero attached hydrogens (tertiary/aromatic N) is 2. The Labute approximate surface area is 141 Å². The molecule has 3 nitrogen and oxygen atoms in total. The molecule has 1 N–H and O–H groups in total. The summed E-state index contributed by atoms with van der Waals surface area (Å²) in [4.78, 5) is 7.10. The summed E-state index contributed by atoms with van der Waals surface area (Å²) in [6, 6.07) is 12.5. The van der Waals surface area contributed by atoms with Crippen LogP contribution in [0.15, 0.2) is 53.5 Å². The van der Waals surface area contributed by atoms with E-state index in [1.165, 1.54) is 24.3 Å². The average Bonchev–Trinajstić information content (AvgIpc) is 2.62. The fourth-order valence-electron chi connectivity index (χ4n) is 2.80. The summed E-state index contributed by atoms with van der Waals surface area (Å²) in [5, 5.41) is 3.33. The quantitative estimate of drug-likeness (QED) is 0.854. The van der Waals surface area contributed by atoms with E-state index in [0.29, 0.717) is 6.54 Å². The van der Waals surface area contributed by atoms with Gasteiger partial charge in [0, 0.05) is 43.9 Å². The third kappa shape index (κ3) is 4.46. The van der Waals surface area contributed by atoms with Crippen LogP contribution in [0.2, 0.25) is 0 Å². The van der Waals surface area contributed by atoms with Gasteiger partial charge in [0.05, 0.1) is 12.3 Å². The van der Waals surface area contributed by atoms with Gasteiger partial charge < -0.3 is 5.32 Å². The number of rotatable bonds is 5. The highest BCUT2D eigenvalue weighted by atomic mass is 19.1. The molecule has 0 aliphatic carbocycles. The lowest BCUT2D eigenvalue weighted by Gasteiger charge is -2.26. The van der Waals surface area contributed by atoms with Gasteiger partial charge in [-0.25, -0.2) is 8.78 Å².